The molecule has 0 atom stereocenters. The Morgan fingerprint density at radius 3 is 2.90 bits per heavy atom. The van der Waals surface area contributed by atoms with Crippen molar-refractivity contribution in [1.82, 2.24) is 14.3 Å². The third-order valence-electron chi connectivity index (χ3n) is 3.18. The third kappa shape index (κ3) is 2.85. The number of halogens is 1. The van der Waals surface area contributed by atoms with Crippen molar-refractivity contribution in [3.63, 3.8) is 0 Å². The summed E-state index contributed by atoms with van der Waals surface area (Å²) in [6, 6.07) is 3.20. The van der Waals surface area contributed by atoms with Gasteiger partial charge in [-0.05, 0) is 41.9 Å². The minimum Gasteiger partial charge on any atom is -0.409 e. The van der Waals surface area contributed by atoms with Crippen molar-refractivity contribution in [2.24, 2.45) is 10.9 Å². The van der Waals surface area contributed by atoms with Crippen LogP contribution in [0.25, 0.3) is 0 Å². The second kappa shape index (κ2) is 6.13. The molecule has 2 heterocycles. The second-order valence-electron chi connectivity index (χ2n) is 4.50. The number of hydrogen-bond acceptors (Lipinski definition) is 4. The fourth-order valence-corrected chi connectivity index (χ4v) is 2.50. The molecule has 3 N–H and O–H groups in total. The van der Waals surface area contributed by atoms with Crippen LogP contribution in [0.1, 0.15) is 23.9 Å². The number of hydrogen-bond donors (Lipinski definition) is 2. The predicted molar refractivity (Wildman–Crippen MR) is 82.7 cm³/mol. The Bertz CT molecular complexity index is 748. The van der Waals surface area contributed by atoms with Crippen LogP contribution in [0.5, 0.6) is 0 Å². The highest BCUT2D eigenvalue weighted by atomic mass is 79.9. The number of nitrogens with zero attached hydrogens (tertiary/aromatic N) is 4. The third-order valence-corrected chi connectivity index (χ3v) is 4.21. The Morgan fingerprint density at radius 1 is 1.57 bits per heavy atom. The number of aromatic nitrogens is 3. The normalized spacial score (nSPS) is 11.9. The van der Waals surface area contributed by atoms with Gasteiger partial charge in [0.2, 0.25) is 0 Å². The first-order chi connectivity index (χ1) is 9.99. The van der Waals surface area contributed by atoms with Crippen LogP contribution in [0.15, 0.2) is 32.8 Å². The number of amidine groups is 1. The highest BCUT2D eigenvalue weighted by Crippen LogP contribution is 2.21. The zero-order valence-corrected chi connectivity index (χ0v) is 13.3. The maximum absolute atomic E-state index is 12.3. The van der Waals surface area contributed by atoms with Crippen molar-refractivity contribution in [1.29, 1.82) is 0 Å². The Labute approximate surface area is 129 Å². The van der Waals surface area contributed by atoms with E-state index < -0.39 is 0 Å². The van der Waals surface area contributed by atoms with Gasteiger partial charge in [0.05, 0.1) is 28.0 Å². The summed E-state index contributed by atoms with van der Waals surface area (Å²) in [5.41, 5.74) is 7.12. The summed E-state index contributed by atoms with van der Waals surface area (Å²) < 4.78 is 4.22. The van der Waals surface area contributed by atoms with Gasteiger partial charge >= 0.3 is 0 Å². The van der Waals surface area contributed by atoms with Gasteiger partial charge in [-0.25, -0.2) is 0 Å². The number of pyridine rings is 1. The molecule has 0 aromatic carbocycles. The smallest absolute Gasteiger partial charge is 0.262 e. The Morgan fingerprint density at radius 2 is 2.29 bits per heavy atom. The summed E-state index contributed by atoms with van der Waals surface area (Å²) in [5, 5.41) is 16.0. The lowest BCUT2D eigenvalue weighted by atomic mass is 10.2. The molecule has 0 aliphatic rings. The largest absolute Gasteiger partial charge is 0.409 e. The lowest BCUT2D eigenvalue weighted by Crippen LogP contribution is -2.30. The quantitative estimate of drug-likeness (QED) is 0.374. The van der Waals surface area contributed by atoms with Gasteiger partial charge in [-0.1, -0.05) is 5.16 Å². The summed E-state index contributed by atoms with van der Waals surface area (Å²) in [5.74, 6) is -0.200. The molecule has 0 bridgehead atoms. The average Bonchev–Trinajstić information content (AvgIpc) is 2.76. The van der Waals surface area contributed by atoms with Crippen LogP contribution < -0.4 is 11.3 Å². The molecule has 21 heavy (non-hydrogen) atoms. The van der Waals surface area contributed by atoms with Crippen molar-refractivity contribution in [2.75, 3.05) is 0 Å². The van der Waals surface area contributed by atoms with Gasteiger partial charge in [0.1, 0.15) is 0 Å². The van der Waals surface area contributed by atoms with Crippen molar-refractivity contribution in [2.45, 2.75) is 26.9 Å². The Balaban J connectivity index is 2.49. The summed E-state index contributed by atoms with van der Waals surface area (Å²) >= 11 is 3.50. The van der Waals surface area contributed by atoms with Crippen LogP contribution in [0, 0.1) is 6.92 Å². The van der Waals surface area contributed by atoms with Gasteiger partial charge in [0, 0.05) is 12.7 Å². The molecule has 2 aromatic heterocycles. The van der Waals surface area contributed by atoms with E-state index in [4.69, 9.17) is 10.9 Å². The summed E-state index contributed by atoms with van der Waals surface area (Å²) in [6.07, 6.45) is 1.66. The standard InChI is InChI=1S/C13H16BrN5O2/c1-3-19-10(11(14)8(2)16-19)7-18-6-4-5-9(13(18)20)12(15)17-21/h4-6,21H,3,7H2,1-2H3,(H2,15,17). The van der Waals surface area contributed by atoms with E-state index in [9.17, 15) is 4.79 Å². The first-order valence-corrected chi connectivity index (χ1v) is 7.18. The highest BCUT2D eigenvalue weighted by Gasteiger charge is 2.14. The molecule has 7 nitrogen and oxygen atoms in total. The molecule has 0 aliphatic heterocycles. The molecule has 112 valence electrons. The van der Waals surface area contributed by atoms with Crippen molar-refractivity contribution >= 4 is 21.8 Å². The molecule has 0 amide bonds. The van der Waals surface area contributed by atoms with Gasteiger partial charge in [0.15, 0.2) is 5.84 Å². The van der Waals surface area contributed by atoms with Crippen LogP contribution >= 0.6 is 15.9 Å². The topological polar surface area (TPSA) is 98.4 Å². The molecule has 2 rings (SSSR count). The van der Waals surface area contributed by atoms with Crippen molar-refractivity contribution in [3.8, 4) is 0 Å². The van der Waals surface area contributed by atoms with Crippen molar-refractivity contribution < 1.29 is 5.21 Å². The Hall–Kier alpha value is -2.09. The van der Waals surface area contributed by atoms with Gasteiger partial charge in [-0.2, -0.15) is 5.10 Å². The number of nitrogens with two attached hydrogens (primary N) is 1. The van der Waals surface area contributed by atoms with E-state index in [0.29, 0.717) is 13.1 Å². The van der Waals surface area contributed by atoms with E-state index in [1.165, 1.54) is 10.6 Å². The van der Waals surface area contributed by atoms with Gasteiger partial charge in [0.25, 0.3) is 5.56 Å². The van der Waals surface area contributed by atoms with E-state index >= 15 is 0 Å². The van der Waals surface area contributed by atoms with E-state index in [-0.39, 0.29) is 17.0 Å². The van der Waals surface area contributed by atoms with Gasteiger partial charge in [-0.3, -0.25) is 9.48 Å². The predicted octanol–water partition coefficient (Wildman–Crippen LogP) is 1.28. The van der Waals surface area contributed by atoms with E-state index in [1.54, 1.807) is 12.3 Å². The van der Waals surface area contributed by atoms with Crippen LogP contribution in [-0.4, -0.2) is 25.4 Å². The number of oxime groups is 1. The van der Waals surface area contributed by atoms with Gasteiger partial charge < -0.3 is 15.5 Å². The molecule has 0 saturated carbocycles. The first-order valence-electron chi connectivity index (χ1n) is 6.38. The molecule has 0 saturated heterocycles. The Kier molecular flexibility index (Phi) is 4.46. The average molecular weight is 354 g/mol. The van der Waals surface area contributed by atoms with Crippen LogP contribution in [0.2, 0.25) is 0 Å². The zero-order valence-electron chi connectivity index (χ0n) is 11.7. The minimum absolute atomic E-state index is 0.162. The first kappa shape index (κ1) is 15.3. The summed E-state index contributed by atoms with van der Waals surface area (Å²) in [4.78, 5) is 12.3. The zero-order chi connectivity index (χ0) is 15.6. The highest BCUT2D eigenvalue weighted by molar-refractivity contribution is 9.10. The van der Waals surface area contributed by atoms with Gasteiger partial charge in [-0.15, -0.1) is 0 Å². The lowest BCUT2D eigenvalue weighted by Gasteiger charge is -2.09. The summed E-state index contributed by atoms with van der Waals surface area (Å²) in [6.45, 7) is 4.93. The second-order valence-corrected chi connectivity index (χ2v) is 5.30. The SMILES string of the molecule is CCn1nc(C)c(Br)c1Cn1cccc(/C(N)=N/O)c1=O. The van der Waals surface area contributed by atoms with E-state index in [0.717, 1.165) is 15.9 Å². The molecule has 0 unspecified atom stereocenters. The molecule has 0 aliphatic carbocycles. The molecule has 8 heteroatoms. The van der Waals surface area contributed by atoms with Crippen LogP contribution in [-0.2, 0) is 13.1 Å². The minimum atomic E-state index is -0.318. The molecular weight excluding hydrogens is 338 g/mol. The fraction of sp³-hybridized carbons (Fsp3) is 0.308. The molecule has 0 fully saturated rings. The van der Waals surface area contributed by atoms with E-state index in [2.05, 4.69) is 26.2 Å². The number of rotatable bonds is 4. The lowest BCUT2D eigenvalue weighted by molar-refractivity contribution is 0.318. The van der Waals surface area contributed by atoms with Crippen molar-refractivity contribution in [3.05, 3.63) is 50.1 Å². The molecule has 0 spiro atoms. The fourth-order valence-electron chi connectivity index (χ4n) is 2.09. The summed E-state index contributed by atoms with van der Waals surface area (Å²) in [7, 11) is 0. The van der Waals surface area contributed by atoms with E-state index in [1.807, 2.05) is 18.5 Å². The molecule has 2 aromatic rings. The number of aryl methyl sites for hydroxylation is 2. The van der Waals surface area contributed by atoms with Crippen LogP contribution in [0.3, 0.4) is 0 Å². The maximum Gasteiger partial charge on any atom is 0.262 e. The molecule has 0 radical (unpaired) electrons. The maximum atomic E-state index is 12.3. The molecular formula is C13H16BrN5O2. The van der Waals surface area contributed by atoms with Crippen LogP contribution in [0.4, 0.5) is 0 Å². The monoisotopic (exact) mass is 353 g/mol.